The molecule has 0 saturated carbocycles. The summed E-state index contributed by atoms with van der Waals surface area (Å²) in [7, 11) is 0. The summed E-state index contributed by atoms with van der Waals surface area (Å²) in [5, 5.41) is 3.40. The van der Waals surface area contributed by atoms with Gasteiger partial charge in [-0.05, 0) is 30.5 Å². The average Bonchev–Trinajstić information content (AvgIpc) is 2.31. The van der Waals surface area contributed by atoms with Crippen LogP contribution in [0.3, 0.4) is 0 Å². The fourth-order valence-corrected chi connectivity index (χ4v) is 1.96. The third-order valence-electron chi connectivity index (χ3n) is 2.85. The van der Waals surface area contributed by atoms with Crippen molar-refractivity contribution in [1.82, 2.24) is 5.32 Å². The van der Waals surface area contributed by atoms with Crippen LogP contribution in [0.2, 0.25) is 0 Å². The van der Waals surface area contributed by atoms with Crippen LogP contribution in [-0.2, 0) is 6.54 Å². The molecular weight excluding hydrogens is 220 g/mol. The summed E-state index contributed by atoms with van der Waals surface area (Å²) in [5.74, 6) is -1.56. The van der Waals surface area contributed by atoms with Gasteiger partial charge in [0, 0.05) is 12.6 Å². The van der Waals surface area contributed by atoms with E-state index in [2.05, 4.69) is 19.2 Å². The molecule has 0 fully saturated rings. The Hall–Kier alpha value is -0.960. The molecule has 0 spiro atoms. The first-order chi connectivity index (χ1) is 8.17. The van der Waals surface area contributed by atoms with Crippen LogP contribution in [0.4, 0.5) is 8.78 Å². The van der Waals surface area contributed by atoms with Crippen molar-refractivity contribution in [2.45, 2.75) is 52.1 Å². The van der Waals surface area contributed by atoms with Crippen molar-refractivity contribution in [3.8, 4) is 0 Å². The molecule has 1 rings (SSSR count). The standard InChI is InChI=1S/C14H21F2N/c1-3-5-12(6-4-2)17-10-11-7-8-13(15)14(16)9-11/h7-9,12,17H,3-6,10H2,1-2H3. The summed E-state index contributed by atoms with van der Waals surface area (Å²) in [6.07, 6.45) is 4.51. The molecular formula is C14H21F2N. The Bertz CT molecular complexity index is 333. The number of halogens is 2. The predicted molar refractivity (Wildman–Crippen MR) is 66.8 cm³/mol. The Balaban J connectivity index is 2.49. The van der Waals surface area contributed by atoms with Gasteiger partial charge in [0.15, 0.2) is 11.6 Å². The van der Waals surface area contributed by atoms with Crippen LogP contribution in [0.15, 0.2) is 18.2 Å². The maximum atomic E-state index is 13.0. The topological polar surface area (TPSA) is 12.0 Å². The highest BCUT2D eigenvalue weighted by Crippen LogP contribution is 2.10. The number of nitrogens with one attached hydrogen (secondary N) is 1. The van der Waals surface area contributed by atoms with Crippen molar-refractivity contribution in [1.29, 1.82) is 0 Å². The molecule has 3 heteroatoms. The Labute approximate surface area is 102 Å². The number of hydrogen-bond donors (Lipinski definition) is 1. The predicted octanol–water partition coefficient (Wildman–Crippen LogP) is 4.02. The first-order valence-corrected chi connectivity index (χ1v) is 6.34. The molecule has 17 heavy (non-hydrogen) atoms. The summed E-state index contributed by atoms with van der Waals surface area (Å²) in [6.45, 7) is 4.91. The van der Waals surface area contributed by atoms with Crippen molar-refractivity contribution < 1.29 is 8.78 Å². The van der Waals surface area contributed by atoms with E-state index in [-0.39, 0.29) is 0 Å². The Morgan fingerprint density at radius 1 is 1.06 bits per heavy atom. The number of benzene rings is 1. The van der Waals surface area contributed by atoms with Gasteiger partial charge in [-0.15, -0.1) is 0 Å². The van der Waals surface area contributed by atoms with E-state index in [0.717, 1.165) is 31.2 Å². The quantitative estimate of drug-likeness (QED) is 0.760. The fourth-order valence-electron chi connectivity index (χ4n) is 1.96. The Morgan fingerprint density at radius 2 is 1.71 bits per heavy atom. The van der Waals surface area contributed by atoms with E-state index in [1.54, 1.807) is 6.07 Å². The zero-order valence-corrected chi connectivity index (χ0v) is 10.6. The molecule has 96 valence electrons. The van der Waals surface area contributed by atoms with Gasteiger partial charge in [0.2, 0.25) is 0 Å². The largest absolute Gasteiger partial charge is 0.310 e. The van der Waals surface area contributed by atoms with E-state index in [1.165, 1.54) is 12.1 Å². The zero-order valence-electron chi connectivity index (χ0n) is 10.6. The maximum absolute atomic E-state index is 13.0. The van der Waals surface area contributed by atoms with E-state index in [4.69, 9.17) is 0 Å². The van der Waals surface area contributed by atoms with Gasteiger partial charge < -0.3 is 5.32 Å². The average molecular weight is 241 g/mol. The Morgan fingerprint density at radius 3 is 2.24 bits per heavy atom. The highest BCUT2D eigenvalue weighted by atomic mass is 19.2. The molecule has 1 aromatic rings. The molecule has 0 atom stereocenters. The maximum Gasteiger partial charge on any atom is 0.159 e. The van der Waals surface area contributed by atoms with Gasteiger partial charge in [-0.1, -0.05) is 32.8 Å². The van der Waals surface area contributed by atoms with Gasteiger partial charge in [0.25, 0.3) is 0 Å². The normalized spacial score (nSPS) is 11.1. The van der Waals surface area contributed by atoms with Crippen LogP contribution in [0.5, 0.6) is 0 Å². The molecule has 1 aromatic carbocycles. The third-order valence-corrected chi connectivity index (χ3v) is 2.85. The van der Waals surface area contributed by atoms with E-state index < -0.39 is 11.6 Å². The lowest BCUT2D eigenvalue weighted by Crippen LogP contribution is -2.28. The second-order valence-electron chi connectivity index (χ2n) is 4.40. The summed E-state index contributed by atoms with van der Waals surface area (Å²) < 4.78 is 25.7. The van der Waals surface area contributed by atoms with E-state index in [0.29, 0.717) is 12.6 Å². The molecule has 1 N–H and O–H groups in total. The van der Waals surface area contributed by atoms with Crippen molar-refractivity contribution in [3.63, 3.8) is 0 Å². The van der Waals surface area contributed by atoms with Crippen molar-refractivity contribution in [2.75, 3.05) is 0 Å². The molecule has 0 aromatic heterocycles. The highest BCUT2D eigenvalue weighted by molar-refractivity contribution is 5.17. The Kier molecular flexibility index (Phi) is 6.12. The van der Waals surface area contributed by atoms with Crippen molar-refractivity contribution in [2.24, 2.45) is 0 Å². The lowest BCUT2D eigenvalue weighted by molar-refractivity contribution is 0.441. The second kappa shape index (κ2) is 7.38. The summed E-state index contributed by atoms with van der Waals surface area (Å²) in [6, 6.07) is 4.54. The van der Waals surface area contributed by atoms with Gasteiger partial charge in [0.1, 0.15) is 0 Å². The van der Waals surface area contributed by atoms with Crippen LogP contribution in [0.25, 0.3) is 0 Å². The molecule has 0 unspecified atom stereocenters. The van der Waals surface area contributed by atoms with Crippen LogP contribution < -0.4 is 5.32 Å². The van der Waals surface area contributed by atoms with E-state index in [1.807, 2.05) is 0 Å². The lowest BCUT2D eigenvalue weighted by atomic mass is 10.1. The first-order valence-electron chi connectivity index (χ1n) is 6.34. The summed E-state index contributed by atoms with van der Waals surface area (Å²) in [5.41, 5.74) is 0.793. The lowest BCUT2D eigenvalue weighted by Gasteiger charge is -2.17. The highest BCUT2D eigenvalue weighted by Gasteiger charge is 2.07. The fraction of sp³-hybridized carbons (Fsp3) is 0.571. The van der Waals surface area contributed by atoms with Gasteiger partial charge in [0.05, 0.1) is 0 Å². The smallest absolute Gasteiger partial charge is 0.159 e. The molecule has 0 amide bonds. The van der Waals surface area contributed by atoms with Crippen molar-refractivity contribution in [3.05, 3.63) is 35.4 Å². The minimum absolute atomic E-state index is 0.470. The summed E-state index contributed by atoms with van der Waals surface area (Å²) in [4.78, 5) is 0. The van der Waals surface area contributed by atoms with Crippen LogP contribution >= 0.6 is 0 Å². The van der Waals surface area contributed by atoms with Crippen molar-refractivity contribution >= 4 is 0 Å². The van der Waals surface area contributed by atoms with Crippen LogP contribution in [0.1, 0.15) is 45.1 Å². The van der Waals surface area contributed by atoms with Gasteiger partial charge in [-0.3, -0.25) is 0 Å². The second-order valence-corrected chi connectivity index (χ2v) is 4.40. The molecule has 0 aliphatic heterocycles. The zero-order chi connectivity index (χ0) is 12.7. The van der Waals surface area contributed by atoms with E-state index in [9.17, 15) is 8.78 Å². The minimum Gasteiger partial charge on any atom is -0.310 e. The monoisotopic (exact) mass is 241 g/mol. The van der Waals surface area contributed by atoms with E-state index >= 15 is 0 Å². The molecule has 0 saturated heterocycles. The summed E-state index contributed by atoms with van der Waals surface area (Å²) >= 11 is 0. The van der Waals surface area contributed by atoms with Gasteiger partial charge in [-0.2, -0.15) is 0 Å². The minimum atomic E-state index is -0.785. The molecule has 0 bridgehead atoms. The number of hydrogen-bond acceptors (Lipinski definition) is 1. The van der Waals surface area contributed by atoms with Crippen LogP contribution in [-0.4, -0.2) is 6.04 Å². The molecule has 1 nitrogen and oxygen atoms in total. The first kappa shape index (κ1) is 14.1. The van der Waals surface area contributed by atoms with Gasteiger partial charge >= 0.3 is 0 Å². The number of rotatable bonds is 7. The third kappa shape index (κ3) is 4.82. The molecule has 0 aliphatic carbocycles. The molecule has 0 radical (unpaired) electrons. The molecule has 0 heterocycles. The molecule has 0 aliphatic rings. The SMILES string of the molecule is CCCC(CCC)NCc1ccc(F)c(F)c1. The van der Waals surface area contributed by atoms with Crippen LogP contribution in [0, 0.1) is 11.6 Å². The van der Waals surface area contributed by atoms with Gasteiger partial charge in [-0.25, -0.2) is 8.78 Å².